The minimum Gasteiger partial charge on any atom is -0.399 e. The molecule has 5 nitrogen and oxygen atoms in total. The van der Waals surface area contributed by atoms with Crippen molar-refractivity contribution in [3.05, 3.63) is 34.8 Å². The molecule has 0 saturated heterocycles. The van der Waals surface area contributed by atoms with Crippen molar-refractivity contribution in [2.24, 2.45) is 0 Å². The van der Waals surface area contributed by atoms with Crippen molar-refractivity contribution in [1.29, 1.82) is 0 Å². The summed E-state index contributed by atoms with van der Waals surface area (Å²) in [6.07, 6.45) is 1.90. The van der Waals surface area contributed by atoms with Gasteiger partial charge in [0.15, 0.2) is 5.69 Å². The summed E-state index contributed by atoms with van der Waals surface area (Å²) < 4.78 is 3.73. The Balaban J connectivity index is 1.99. The Kier molecular flexibility index (Phi) is 2.71. The topological polar surface area (TPSA) is 72.1 Å². The summed E-state index contributed by atoms with van der Waals surface area (Å²) >= 11 is 1.19. The molecule has 1 aliphatic rings. The van der Waals surface area contributed by atoms with E-state index in [2.05, 4.69) is 9.59 Å². The highest BCUT2D eigenvalue weighted by Gasteiger charge is 2.24. The van der Waals surface area contributed by atoms with E-state index >= 15 is 0 Å². The molecule has 2 aromatic rings. The van der Waals surface area contributed by atoms with Crippen LogP contribution < -0.4 is 10.6 Å². The van der Waals surface area contributed by atoms with Crippen LogP contribution in [0.3, 0.4) is 0 Å². The first-order valence-electron chi connectivity index (χ1n) is 5.73. The van der Waals surface area contributed by atoms with Crippen molar-refractivity contribution in [3.8, 4) is 0 Å². The van der Waals surface area contributed by atoms with Crippen molar-refractivity contribution in [2.75, 3.05) is 17.2 Å². The van der Waals surface area contributed by atoms with Crippen LogP contribution in [0.4, 0.5) is 11.4 Å². The average Bonchev–Trinajstić information content (AvgIpc) is 2.90. The number of aromatic nitrogens is 2. The monoisotopic (exact) mass is 260 g/mol. The lowest BCUT2D eigenvalue weighted by Crippen LogP contribution is -2.35. The third-order valence-corrected chi connectivity index (χ3v) is 3.55. The van der Waals surface area contributed by atoms with E-state index in [9.17, 15) is 4.79 Å². The zero-order valence-corrected chi connectivity index (χ0v) is 10.5. The highest BCUT2D eigenvalue weighted by atomic mass is 32.1. The molecule has 0 fully saturated rings. The summed E-state index contributed by atoms with van der Waals surface area (Å²) in [5.74, 6) is -0.0885. The molecular weight excluding hydrogens is 248 g/mol. The van der Waals surface area contributed by atoms with Gasteiger partial charge in [0.2, 0.25) is 0 Å². The van der Waals surface area contributed by atoms with Gasteiger partial charge in [-0.15, -0.1) is 5.10 Å². The zero-order valence-electron chi connectivity index (χ0n) is 9.67. The number of rotatable bonds is 1. The number of aryl methyl sites for hydroxylation is 1. The maximum atomic E-state index is 12.3. The minimum absolute atomic E-state index is 0.0885. The maximum absolute atomic E-state index is 12.3. The summed E-state index contributed by atoms with van der Waals surface area (Å²) in [5, 5.41) is 5.51. The Morgan fingerprint density at radius 1 is 1.44 bits per heavy atom. The normalized spacial score (nSPS) is 14.3. The number of nitrogen functional groups attached to an aromatic ring is 1. The number of nitrogens with zero attached hydrogens (tertiary/aromatic N) is 3. The molecule has 0 radical (unpaired) electrons. The lowest BCUT2D eigenvalue weighted by atomic mass is 10.0. The second-order valence-corrected chi connectivity index (χ2v) is 4.85. The predicted octanol–water partition coefficient (Wildman–Crippen LogP) is 1.71. The molecule has 6 heteroatoms. The van der Waals surface area contributed by atoms with Gasteiger partial charge in [0.25, 0.3) is 5.91 Å². The smallest absolute Gasteiger partial charge is 0.279 e. The molecule has 1 aromatic heterocycles. The molecule has 92 valence electrons. The third kappa shape index (κ3) is 1.84. The van der Waals surface area contributed by atoms with Crippen LogP contribution in [-0.4, -0.2) is 22.0 Å². The molecule has 2 heterocycles. The molecule has 0 aliphatic carbocycles. The summed E-state index contributed by atoms with van der Waals surface area (Å²) in [4.78, 5) is 14.1. The molecule has 2 N–H and O–H groups in total. The fourth-order valence-electron chi connectivity index (χ4n) is 2.22. The predicted molar refractivity (Wildman–Crippen MR) is 70.8 cm³/mol. The lowest BCUT2D eigenvalue weighted by molar-refractivity contribution is 0.0980. The van der Waals surface area contributed by atoms with Gasteiger partial charge in [0, 0.05) is 23.3 Å². The maximum Gasteiger partial charge on any atom is 0.279 e. The van der Waals surface area contributed by atoms with Crippen LogP contribution >= 0.6 is 11.5 Å². The Labute approximate surface area is 108 Å². The Hall–Kier alpha value is -1.95. The second kappa shape index (κ2) is 4.38. The number of hydrogen-bond donors (Lipinski definition) is 1. The van der Waals surface area contributed by atoms with Crippen LogP contribution in [0.15, 0.2) is 23.6 Å². The van der Waals surface area contributed by atoms with Crippen LogP contribution in [0.2, 0.25) is 0 Å². The number of carbonyl (C=O) groups excluding carboxylic acids is 1. The molecule has 0 unspecified atom stereocenters. The Morgan fingerprint density at radius 2 is 2.33 bits per heavy atom. The lowest BCUT2D eigenvalue weighted by Gasteiger charge is -2.29. The molecule has 0 spiro atoms. The van der Waals surface area contributed by atoms with Crippen molar-refractivity contribution in [2.45, 2.75) is 12.8 Å². The molecule has 1 aromatic carbocycles. The van der Waals surface area contributed by atoms with Gasteiger partial charge in [-0.3, -0.25) is 4.79 Å². The molecular formula is C12H12N4OS. The first-order chi connectivity index (χ1) is 8.75. The van der Waals surface area contributed by atoms with Gasteiger partial charge < -0.3 is 10.6 Å². The van der Waals surface area contributed by atoms with Crippen molar-refractivity contribution >= 4 is 28.8 Å². The molecule has 0 atom stereocenters. The molecule has 3 rings (SSSR count). The molecule has 18 heavy (non-hydrogen) atoms. The SMILES string of the molecule is Nc1ccc2c(c1)CCCN2C(=O)c1csnn1. The summed E-state index contributed by atoms with van der Waals surface area (Å²) in [6, 6.07) is 5.67. The summed E-state index contributed by atoms with van der Waals surface area (Å²) in [7, 11) is 0. The van der Waals surface area contributed by atoms with E-state index in [0.29, 0.717) is 12.2 Å². The largest absolute Gasteiger partial charge is 0.399 e. The van der Waals surface area contributed by atoms with E-state index in [1.807, 2.05) is 18.2 Å². The second-order valence-electron chi connectivity index (χ2n) is 4.24. The number of nitrogens with two attached hydrogens (primary N) is 1. The third-order valence-electron chi connectivity index (χ3n) is 3.05. The fourth-order valence-corrected chi connectivity index (χ4v) is 2.65. The van der Waals surface area contributed by atoms with E-state index in [4.69, 9.17) is 5.73 Å². The number of carbonyl (C=O) groups is 1. The highest BCUT2D eigenvalue weighted by Crippen LogP contribution is 2.29. The van der Waals surface area contributed by atoms with Crippen molar-refractivity contribution in [1.82, 2.24) is 9.59 Å². The molecule has 0 saturated carbocycles. The van der Waals surface area contributed by atoms with Gasteiger partial charge in [-0.05, 0) is 48.1 Å². The van der Waals surface area contributed by atoms with E-state index in [0.717, 1.165) is 29.8 Å². The van der Waals surface area contributed by atoms with Gasteiger partial charge in [-0.1, -0.05) is 4.49 Å². The number of fused-ring (bicyclic) bond motifs is 1. The Morgan fingerprint density at radius 3 is 3.11 bits per heavy atom. The van der Waals surface area contributed by atoms with Gasteiger partial charge in [0.1, 0.15) is 0 Å². The number of anilines is 2. The number of benzene rings is 1. The molecule has 1 aliphatic heterocycles. The van der Waals surface area contributed by atoms with Gasteiger partial charge in [-0.2, -0.15) is 0 Å². The molecule has 0 bridgehead atoms. The van der Waals surface area contributed by atoms with E-state index in [1.165, 1.54) is 11.5 Å². The summed E-state index contributed by atoms with van der Waals surface area (Å²) in [5.41, 5.74) is 8.98. The van der Waals surface area contributed by atoms with Crippen LogP contribution in [0.5, 0.6) is 0 Å². The van der Waals surface area contributed by atoms with E-state index in [-0.39, 0.29) is 5.91 Å². The highest BCUT2D eigenvalue weighted by molar-refractivity contribution is 7.03. The fraction of sp³-hybridized carbons (Fsp3) is 0.250. The molecule has 1 amide bonds. The first-order valence-corrected chi connectivity index (χ1v) is 6.56. The zero-order chi connectivity index (χ0) is 12.5. The number of hydrogen-bond acceptors (Lipinski definition) is 5. The van der Waals surface area contributed by atoms with Crippen LogP contribution in [-0.2, 0) is 6.42 Å². The quantitative estimate of drug-likeness (QED) is 0.792. The van der Waals surface area contributed by atoms with E-state index < -0.39 is 0 Å². The van der Waals surface area contributed by atoms with Gasteiger partial charge >= 0.3 is 0 Å². The standard InChI is InChI=1S/C12H12N4OS/c13-9-3-4-11-8(6-9)2-1-5-16(11)12(17)10-7-18-15-14-10/h3-4,6-7H,1-2,5,13H2. The van der Waals surface area contributed by atoms with Gasteiger partial charge in [0.05, 0.1) is 0 Å². The van der Waals surface area contributed by atoms with Crippen LogP contribution in [0, 0.1) is 0 Å². The van der Waals surface area contributed by atoms with Crippen LogP contribution in [0.1, 0.15) is 22.5 Å². The average molecular weight is 260 g/mol. The summed E-state index contributed by atoms with van der Waals surface area (Å²) in [6.45, 7) is 0.716. The van der Waals surface area contributed by atoms with Crippen LogP contribution in [0.25, 0.3) is 0 Å². The minimum atomic E-state index is -0.0885. The van der Waals surface area contributed by atoms with Crippen molar-refractivity contribution < 1.29 is 4.79 Å². The van der Waals surface area contributed by atoms with Crippen molar-refractivity contribution in [3.63, 3.8) is 0 Å². The number of amides is 1. The first kappa shape index (κ1) is 11.2. The van der Waals surface area contributed by atoms with Gasteiger partial charge in [-0.25, -0.2) is 0 Å². The van der Waals surface area contributed by atoms with E-state index in [1.54, 1.807) is 10.3 Å². The Bertz CT molecular complexity index is 582.